The van der Waals surface area contributed by atoms with Crippen LogP contribution < -0.4 is 17.0 Å². The third kappa shape index (κ3) is 2.38. The minimum absolute atomic E-state index is 0.190. The topological polar surface area (TPSA) is 76.4 Å². The first-order valence-electron chi connectivity index (χ1n) is 3.39. The zero-order valence-corrected chi connectivity index (χ0v) is 6.59. The normalized spacial score (nSPS) is 11.5. The zero-order chi connectivity index (χ0) is 9.84. The van der Waals surface area contributed by atoms with E-state index < -0.39 is 11.6 Å². The summed E-state index contributed by atoms with van der Waals surface area (Å²) < 4.78 is 25.4. The first kappa shape index (κ1) is 9.40. The van der Waals surface area contributed by atoms with Gasteiger partial charge in [-0.1, -0.05) is 0 Å². The lowest BCUT2D eigenvalue weighted by Gasteiger charge is -1.99. The van der Waals surface area contributed by atoms with Gasteiger partial charge in [0.1, 0.15) is 17.3 Å². The van der Waals surface area contributed by atoms with E-state index in [9.17, 15) is 8.78 Å². The van der Waals surface area contributed by atoms with E-state index in [1.54, 1.807) is 0 Å². The van der Waals surface area contributed by atoms with E-state index >= 15 is 0 Å². The second-order valence-electron chi connectivity index (χ2n) is 2.24. The Bertz CT molecular complexity index is 337. The van der Waals surface area contributed by atoms with E-state index in [0.29, 0.717) is 0 Å². The van der Waals surface area contributed by atoms with Gasteiger partial charge in [0.15, 0.2) is 0 Å². The van der Waals surface area contributed by atoms with Crippen LogP contribution in [0.15, 0.2) is 23.2 Å². The zero-order valence-electron chi connectivity index (χ0n) is 6.59. The molecule has 0 spiro atoms. The molecule has 1 aromatic rings. The monoisotopic (exact) mass is 186 g/mol. The van der Waals surface area contributed by atoms with E-state index in [0.717, 1.165) is 18.2 Å². The molecule has 0 aromatic heterocycles. The molecule has 0 aliphatic rings. The molecule has 0 bridgehead atoms. The molecule has 0 aliphatic heterocycles. The van der Waals surface area contributed by atoms with E-state index in [4.69, 9.17) is 11.6 Å². The minimum Gasteiger partial charge on any atom is -0.369 e. The van der Waals surface area contributed by atoms with Gasteiger partial charge in [-0.15, -0.1) is 0 Å². The third-order valence-electron chi connectivity index (χ3n) is 1.30. The van der Waals surface area contributed by atoms with Gasteiger partial charge in [0.2, 0.25) is 5.96 Å². The number of hydrazine groups is 1. The maximum absolute atomic E-state index is 12.9. The van der Waals surface area contributed by atoms with Crippen LogP contribution in [0.25, 0.3) is 0 Å². The number of aliphatic imine (C=N–C) groups is 1. The van der Waals surface area contributed by atoms with Gasteiger partial charge in [-0.25, -0.2) is 19.6 Å². The SMILES string of the molecule is NNC(N)=Nc1cc(F)ccc1F. The van der Waals surface area contributed by atoms with Gasteiger partial charge >= 0.3 is 0 Å². The van der Waals surface area contributed by atoms with Crippen molar-refractivity contribution in [2.24, 2.45) is 16.6 Å². The largest absolute Gasteiger partial charge is 0.369 e. The highest BCUT2D eigenvalue weighted by molar-refractivity contribution is 5.80. The average molecular weight is 186 g/mol. The van der Waals surface area contributed by atoms with Crippen LogP contribution in [-0.2, 0) is 0 Å². The quantitative estimate of drug-likeness (QED) is 0.257. The maximum Gasteiger partial charge on any atom is 0.208 e. The molecule has 0 atom stereocenters. The first-order valence-corrected chi connectivity index (χ1v) is 3.39. The number of hydrogen-bond acceptors (Lipinski definition) is 2. The molecule has 1 aromatic carbocycles. The molecule has 0 saturated carbocycles. The molecule has 13 heavy (non-hydrogen) atoms. The Labute approximate surface area is 73.2 Å². The molecule has 0 amide bonds. The molecule has 0 radical (unpaired) electrons. The third-order valence-corrected chi connectivity index (χ3v) is 1.30. The molecule has 0 heterocycles. The summed E-state index contributed by atoms with van der Waals surface area (Å²) >= 11 is 0. The summed E-state index contributed by atoms with van der Waals surface area (Å²) in [7, 11) is 0. The molecule has 70 valence electrons. The van der Waals surface area contributed by atoms with E-state index in [2.05, 4.69) is 4.99 Å². The lowest BCUT2D eigenvalue weighted by atomic mass is 10.3. The summed E-state index contributed by atoms with van der Waals surface area (Å²) in [5, 5.41) is 0. The lowest BCUT2D eigenvalue weighted by molar-refractivity contribution is 0.602. The summed E-state index contributed by atoms with van der Waals surface area (Å²) in [6.07, 6.45) is 0. The predicted octanol–water partition coefficient (Wildman–Crippen LogP) is 0.374. The molecule has 6 heteroatoms. The Morgan fingerprint density at radius 3 is 2.69 bits per heavy atom. The number of hydrogen-bond donors (Lipinski definition) is 3. The second kappa shape index (κ2) is 3.81. The fourth-order valence-electron chi connectivity index (χ4n) is 0.734. The first-order chi connectivity index (χ1) is 6.13. The Morgan fingerprint density at radius 2 is 2.08 bits per heavy atom. The summed E-state index contributed by atoms with van der Waals surface area (Å²) in [6.45, 7) is 0. The van der Waals surface area contributed by atoms with Gasteiger partial charge in [-0.3, -0.25) is 5.43 Å². The van der Waals surface area contributed by atoms with Crippen molar-refractivity contribution < 1.29 is 8.78 Å². The summed E-state index contributed by atoms with van der Waals surface area (Å²) in [6, 6.07) is 2.86. The second-order valence-corrected chi connectivity index (χ2v) is 2.24. The molecule has 4 nitrogen and oxygen atoms in total. The average Bonchev–Trinajstić information content (AvgIpc) is 2.11. The highest BCUT2D eigenvalue weighted by Gasteiger charge is 2.02. The molecule has 0 aliphatic carbocycles. The number of nitrogens with zero attached hydrogens (tertiary/aromatic N) is 1. The van der Waals surface area contributed by atoms with E-state index in [-0.39, 0.29) is 11.6 Å². The van der Waals surface area contributed by atoms with Crippen LogP contribution in [-0.4, -0.2) is 5.96 Å². The smallest absolute Gasteiger partial charge is 0.208 e. The number of guanidine groups is 1. The molecule has 0 fully saturated rings. The van der Waals surface area contributed by atoms with Gasteiger partial charge in [-0.05, 0) is 12.1 Å². The van der Waals surface area contributed by atoms with Crippen molar-refractivity contribution in [3.63, 3.8) is 0 Å². The van der Waals surface area contributed by atoms with Crippen molar-refractivity contribution in [2.45, 2.75) is 0 Å². The maximum atomic E-state index is 12.9. The highest BCUT2D eigenvalue weighted by atomic mass is 19.1. The van der Waals surface area contributed by atoms with Crippen LogP contribution in [0.3, 0.4) is 0 Å². The molecule has 1 rings (SSSR count). The highest BCUT2D eigenvalue weighted by Crippen LogP contribution is 2.17. The van der Waals surface area contributed by atoms with Gasteiger partial charge in [0.05, 0.1) is 0 Å². The van der Waals surface area contributed by atoms with Crippen molar-refractivity contribution in [3.05, 3.63) is 29.8 Å². The molecular formula is C7H8F2N4. The van der Waals surface area contributed by atoms with E-state index in [1.807, 2.05) is 5.43 Å². The summed E-state index contributed by atoms with van der Waals surface area (Å²) in [5.74, 6) is 3.44. The fourth-order valence-corrected chi connectivity index (χ4v) is 0.734. The lowest BCUT2D eigenvalue weighted by Crippen LogP contribution is -2.36. The Morgan fingerprint density at radius 1 is 1.38 bits per heavy atom. The minimum atomic E-state index is -0.667. The van der Waals surface area contributed by atoms with Crippen molar-refractivity contribution in [3.8, 4) is 0 Å². The Balaban J connectivity index is 3.07. The molecular weight excluding hydrogens is 178 g/mol. The van der Waals surface area contributed by atoms with Crippen LogP contribution in [0.2, 0.25) is 0 Å². The van der Waals surface area contributed by atoms with Crippen molar-refractivity contribution in [2.75, 3.05) is 0 Å². The van der Waals surface area contributed by atoms with Gasteiger partial charge in [0, 0.05) is 6.07 Å². The molecule has 0 unspecified atom stereocenters. The van der Waals surface area contributed by atoms with Gasteiger partial charge in [0.25, 0.3) is 0 Å². The van der Waals surface area contributed by atoms with Crippen LogP contribution in [0.5, 0.6) is 0 Å². The number of rotatable bonds is 1. The number of nitrogens with two attached hydrogens (primary N) is 2. The standard InChI is InChI=1S/C7H8F2N4/c8-4-1-2-5(9)6(3-4)12-7(10)13-11/h1-3H,11H2,(H3,10,12,13). The fraction of sp³-hybridized carbons (Fsp3) is 0. The van der Waals surface area contributed by atoms with Crippen molar-refractivity contribution >= 4 is 11.6 Å². The number of nitrogens with one attached hydrogen (secondary N) is 1. The van der Waals surface area contributed by atoms with Crippen molar-refractivity contribution in [1.82, 2.24) is 5.43 Å². The van der Waals surface area contributed by atoms with Crippen LogP contribution in [0.1, 0.15) is 0 Å². The Kier molecular flexibility index (Phi) is 2.76. The number of halogens is 2. The van der Waals surface area contributed by atoms with E-state index in [1.165, 1.54) is 0 Å². The van der Waals surface area contributed by atoms with Crippen molar-refractivity contribution in [1.29, 1.82) is 0 Å². The molecule has 0 saturated heterocycles. The number of benzene rings is 1. The Hall–Kier alpha value is -1.69. The van der Waals surface area contributed by atoms with Gasteiger partial charge in [-0.2, -0.15) is 0 Å². The van der Waals surface area contributed by atoms with Gasteiger partial charge < -0.3 is 5.73 Å². The van der Waals surface area contributed by atoms with Crippen LogP contribution in [0, 0.1) is 11.6 Å². The summed E-state index contributed by atoms with van der Waals surface area (Å²) in [5.41, 5.74) is 6.95. The molecule has 5 N–H and O–H groups in total. The predicted molar refractivity (Wildman–Crippen MR) is 45.0 cm³/mol. The van der Waals surface area contributed by atoms with Crippen LogP contribution >= 0.6 is 0 Å². The summed E-state index contributed by atoms with van der Waals surface area (Å²) in [4.78, 5) is 3.48. The van der Waals surface area contributed by atoms with Crippen LogP contribution in [0.4, 0.5) is 14.5 Å².